The highest BCUT2D eigenvalue weighted by Gasteiger charge is 2.30. The van der Waals surface area contributed by atoms with E-state index in [2.05, 4.69) is 10.3 Å². The van der Waals surface area contributed by atoms with Crippen molar-refractivity contribution < 1.29 is 23.9 Å². The second-order valence-electron chi connectivity index (χ2n) is 7.68. The fraction of sp³-hybridized carbons (Fsp3) is 0.111. The van der Waals surface area contributed by atoms with Crippen molar-refractivity contribution in [2.45, 2.75) is 0 Å². The summed E-state index contributed by atoms with van der Waals surface area (Å²) in [6, 6.07) is 22.9. The van der Waals surface area contributed by atoms with Crippen molar-refractivity contribution in [3.8, 4) is 5.75 Å². The predicted octanol–water partition coefficient (Wildman–Crippen LogP) is 4.72. The Bertz CT molecular complexity index is 1320. The van der Waals surface area contributed by atoms with E-state index in [0.29, 0.717) is 32.8 Å². The maximum absolute atomic E-state index is 12.7. The van der Waals surface area contributed by atoms with Crippen LogP contribution in [-0.2, 0) is 14.3 Å². The molecule has 1 heterocycles. The molecule has 0 aromatic heterocycles. The number of esters is 1. The molecule has 2 amide bonds. The number of nitrogens with one attached hydrogen (secondary N) is 1. The number of anilines is 1. The molecule has 36 heavy (non-hydrogen) atoms. The highest BCUT2D eigenvalue weighted by Crippen LogP contribution is 2.33. The lowest BCUT2D eigenvalue weighted by Crippen LogP contribution is -2.23. The lowest BCUT2D eigenvalue weighted by Gasteiger charge is -2.08. The maximum atomic E-state index is 12.7. The van der Waals surface area contributed by atoms with E-state index in [1.807, 2.05) is 30.3 Å². The van der Waals surface area contributed by atoms with E-state index >= 15 is 0 Å². The summed E-state index contributed by atoms with van der Waals surface area (Å²) in [5, 5.41) is 3.29. The SMILES string of the molecule is COC(=O)c1ccc(N=C2S/C(=C\c3ccc(OCC(=O)Nc4ccccc4)cc3)C(=O)N2C)cc1. The summed E-state index contributed by atoms with van der Waals surface area (Å²) in [5.74, 6) is -0.299. The molecular formula is C27H23N3O5S. The van der Waals surface area contributed by atoms with Crippen LogP contribution in [0.4, 0.5) is 11.4 Å². The highest BCUT2D eigenvalue weighted by atomic mass is 32.2. The van der Waals surface area contributed by atoms with Crippen LogP contribution in [0.2, 0.25) is 0 Å². The summed E-state index contributed by atoms with van der Waals surface area (Å²) in [6.07, 6.45) is 1.78. The molecule has 8 nitrogen and oxygen atoms in total. The molecule has 0 saturated carbocycles. The van der Waals surface area contributed by atoms with Gasteiger partial charge >= 0.3 is 5.97 Å². The normalized spacial score (nSPS) is 15.3. The van der Waals surface area contributed by atoms with Gasteiger partial charge in [0.1, 0.15) is 5.75 Å². The van der Waals surface area contributed by atoms with Crippen molar-refractivity contribution in [1.29, 1.82) is 0 Å². The van der Waals surface area contributed by atoms with Crippen molar-refractivity contribution in [1.82, 2.24) is 4.90 Å². The molecule has 0 unspecified atom stereocenters. The van der Waals surface area contributed by atoms with Gasteiger partial charge in [-0.25, -0.2) is 9.79 Å². The zero-order valence-electron chi connectivity index (χ0n) is 19.6. The minimum absolute atomic E-state index is 0.116. The number of carbonyl (C=O) groups excluding carboxylic acids is 3. The van der Waals surface area contributed by atoms with Gasteiger partial charge in [0.25, 0.3) is 11.8 Å². The minimum atomic E-state index is -0.422. The standard InChI is InChI=1S/C27H23N3O5S/c1-30-25(32)23(36-27(30)29-21-12-10-19(11-13-21)26(33)34-2)16-18-8-14-22(15-9-18)35-17-24(31)28-20-6-4-3-5-7-20/h3-16H,17H2,1-2H3,(H,28,31)/b23-16-,29-27?. The molecule has 3 aromatic rings. The third-order valence-electron chi connectivity index (χ3n) is 5.12. The van der Waals surface area contributed by atoms with Gasteiger partial charge in [-0.15, -0.1) is 0 Å². The van der Waals surface area contributed by atoms with Gasteiger partial charge in [-0.05, 0) is 71.9 Å². The number of amidine groups is 1. The molecule has 0 spiro atoms. The van der Waals surface area contributed by atoms with Crippen LogP contribution in [0.1, 0.15) is 15.9 Å². The van der Waals surface area contributed by atoms with Crippen LogP contribution in [0.25, 0.3) is 6.08 Å². The van der Waals surface area contributed by atoms with E-state index in [-0.39, 0.29) is 18.4 Å². The fourth-order valence-electron chi connectivity index (χ4n) is 3.23. The molecule has 182 valence electrons. The van der Waals surface area contributed by atoms with Crippen LogP contribution in [0.3, 0.4) is 0 Å². The van der Waals surface area contributed by atoms with E-state index in [0.717, 1.165) is 5.56 Å². The maximum Gasteiger partial charge on any atom is 0.337 e. The molecule has 0 aliphatic carbocycles. The number of amides is 2. The van der Waals surface area contributed by atoms with Gasteiger partial charge in [0.05, 0.1) is 23.3 Å². The number of hydrogen-bond donors (Lipinski definition) is 1. The molecule has 0 radical (unpaired) electrons. The first-order valence-corrected chi connectivity index (χ1v) is 11.8. The quantitative estimate of drug-likeness (QED) is 0.372. The van der Waals surface area contributed by atoms with Gasteiger partial charge in [-0.3, -0.25) is 14.5 Å². The fourth-order valence-corrected chi connectivity index (χ4v) is 4.22. The van der Waals surface area contributed by atoms with E-state index in [9.17, 15) is 14.4 Å². The Labute approximate surface area is 212 Å². The van der Waals surface area contributed by atoms with Crippen molar-refractivity contribution in [2.75, 3.05) is 26.1 Å². The monoisotopic (exact) mass is 501 g/mol. The molecular weight excluding hydrogens is 478 g/mol. The minimum Gasteiger partial charge on any atom is -0.484 e. The second-order valence-corrected chi connectivity index (χ2v) is 8.69. The van der Waals surface area contributed by atoms with Crippen LogP contribution >= 0.6 is 11.8 Å². The van der Waals surface area contributed by atoms with Crippen LogP contribution in [-0.4, -0.2) is 48.6 Å². The largest absolute Gasteiger partial charge is 0.484 e. The smallest absolute Gasteiger partial charge is 0.337 e. The molecule has 1 aliphatic rings. The summed E-state index contributed by atoms with van der Waals surface area (Å²) in [4.78, 5) is 42.9. The topological polar surface area (TPSA) is 97.3 Å². The van der Waals surface area contributed by atoms with Gasteiger partial charge < -0.3 is 14.8 Å². The number of para-hydroxylation sites is 1. The van der Waals surface area contributed by atoms with Crippen LogP contribution in [0.5, 0.6) is 5.75 Å². The average molecular weight is 502 g/mol. The van der Waals surface area contributed by atoms with E-state index in [1.54, 1.807) is 61.7 Å². The summed E-state index contributed by atoms with van der Waals surface area (Å²) in [7, 11) is 2.99. The summed E-state index contributed by atoms with van der Waals surface area (Å²) >= 11 is 1.26. The second kappa shape index (κ2) is 11.4. The third-order valence-corrected chi connectivity index (χ3v) is 6.18. The number of ether oxygens (including phenoxy) is 2. The summed E-state index contributed by atoms with van der Waals surface area (Å²) in [5.41, 5.74) is 2.56. The molecule has 1 N–H and O–H groups in total. The van der Waals surface area contributed by atoms with Gasteiger partial charge in [0.15, 0.2) is 11.8 Å². The number of aliphatic imine (C=N–C) groups is 1. The molecule has 0 atom stereocenters. The lowest BCUT2D eigenvalue weighted by molar-refractivity contribution is -0.121. The zero-order valence-corrected chi connectivity index (χ0v) is 20.5. The molecule has 1 aliphatic heterocycles. The number of thioether (sulfide) groups is 1. The van der Waals surface area contributed by atoms with Crippen LogP contribution in [0.15, 0.2) is 88.8 Å². The lowest BCUT2D eigenvalue weighted by atomic mass is 10.2. The Hall–Kier alpha value is -4.37. The van der Waals surface area contributed by atoms with E-state index in [4.69, 9.17) is 9.47 Å². The molecule has 3 aromatic carbocycles. The van der Waals surface area contributed by atoms with Crippen LogP contribution < -0.4 is 10.1 Å². The number of nitrogens with zero attached hydrogens (tertiary/aromatic N) is 2. The third kappa shape index (κ3) is 6.19. The molecule has 4 rings (SSSR count). The van der Waals surface area contributed by atoms with Crippen molar-refractivity contribution in [3.63, 3.8) is 0 Å². The van der Waals surface area contributed by atoms with Gasteiger partial charge in [-0.1, -0.05) is 30.3 Å². The highest BCUT2D eigenvalue weighted by molar-refractivity contribution is 8.18. The van der Waals surface area contributed by atoms with Crippen LogP contribution in [0, 0.1) is 0 Å². The molecule has 1 fully saturated rings. The Morgan fingerprint density at radius 2 is 1.69 bits per heavy atom. The number of likely N-dealkylation sites (N-methyl/N-ethyl adjacent to an activating group) is 1. The van der Waals surface area contributed by atoms with Gasteiger partial charge in [-0.2, -0.15) is 0 Å². The number of carbonyl (C=O) groups is 3. The van der Waals surface area contributed by atoms with E-state index in [1.165, 1.54) is 23.8 Å². The Kier molecular flexibility index (Phi) is 7.82. The first-order valence-electron chi connectivity index (χ1n) is 11.0. The first kappa shape index (κ1) is 24.7. The summed E-state index contributed by atoms with van der Waals surface area (Å²) in [6.45, 7) is -0.116. The molecule has 9 heteroatoms. The number of rotatable bonds is 7. The van der Waals surface area contributed by atoms with Crippen molar-refractivity contribution in [3.05, 3.63) is 94.9 Å². The van der Waals surface area contributed by atoms with E-state index < -0.39 is 5.97 Å². The Balaban J connectivity index is 1.37. The number of benzene rings is 3. The van der Waals surface area contributed by atoms with Gasteiger partial charge in [0.2, 0.25) is 0 Å². The number of hydrogen-bond acceptors (Lipinski definition) is 7. The van der Waals surface area contributed by atoms with Gasteiger partial charge in [0, 0.05) is 12.7 Å². The number of methoxy groups -OCH3 is 1. The van der Waals surface area contributed by atoms with Crippen molar-refractivity contribution >= 4 is 52.2 Å². The zero-order chi connectivity index (χ0) is 25.5. The average Bonchev–Trinajstić information content (AvgIpc) is 3.16. The Morgan fingerprint density at radius 1 is 1.00 bits per heavy atom. The molecule has 1 saturated heterocycles. The first-order chi connectivity index (χ1) is 17.4. The molecule has 0 bridgehead atoms. The Morgan fingerprint density at radius 3 is 2.36 bits per heavy atom. The predicted molar refractivity (Wildman–Crippen MR) is 140 cm³/mol. The summed E-state index contributed by atoms with van der Waals surface area (Å²) < 4.78 is 10.3. The van der Waals surface area contributed by atoms with Crippen molar-refractivity contribution in [2.24, 2.45) is 4.99 Å².